The second-order valence-electron chi connectivity index (χ2n) is 5.73. The smallest absolute Gasteiger partial charge is 0.343 e. The van der Waals surface area contributed by atoms with Crippen molar-refractivity contribution in [1.82, 2.24) is 0 Å². The first-order valence-corrected chi connectivity index (χ1v) is 8.19. The second-order valence-corrected chi connectivity index (χ2v) is 7.19. The number of hydrogen-bond donors (Lipinski definition) is 0. The number of para-hydroxylation sites is 1. The molecule has 1 aliphatic heterocycles. The van der Waals surface area contributed by atoms with Crippen molar-refractivity contribution in [3.63, 3.8) is 0 Å². The number of fused-ring (bicyclic) bond motifs is 3. The van der Waals surface area contributed by atoms with Gasteiger partial charge >= 0.3 is 11.6 Å². The van der Waals surface area contributed by atoms with Gasteiger partial charge in [-0.2, -0.15) is 0 Å². The molecule has 0 aliphatic carbocycles. The number of thiophene rings is 1. The van der Waals surface area contributed by atoms with Crippen molar-refractivity contribution in [2.45, 2.75) is 26.2 Å². The van der Waals surface area contributed by atoms with Crippen molar-refractivity contribution in [1.29, 1.82) is 0 Å². The summed E-state index contributed by atoms with van der Waals surface area (Å²) in [6, 6.07) is 9.17. The van der Waals surface area contributed by atoms with E-state index in [1.54, 1.807) is 29.5 Å². The summed E-state index contributed by atoms with van der Waals surface area (Å²) in [5.74, 6) is -0.278. The highest BCUT2D eigenvalue weighted by Crippen LogP contribution is 2.42. The predicted octanol–water partition coefficient (Wildman–Crippen LogP) is 3.91. The highest BCUT2D eigenvalue weighted by Gasteiger charge is 2.34. The van der Waals surface area contributed by atoms with E-state index in [-0.39, 0.29) is 18.3 Å². The Morgan fingerprint density at radius 3 is 2.70 bits per heavy atom. The monoisotopic (exact) mass is 326 g/mol. The minimum absolute atomic E-state index is 0.160. The predicted molar refractivity (Wildman–Crippen MR) is 88.4 cm³/mol. The molecule has 0 amide bonds. The number of esters is 1. The summed E-state index contributed by atoms with van der Waals surface area (Å²) in [5, 5.41) is 0.657. The van der Waals surface area contributed by atoms with E-state index in [0.29, 0.717) is 22.3 Å². The van der Waals surface area contributed by atoms with Crippen LogP contribution >= 0.6 is 11.3 Å². The lowest BCUT2D eigenvalue weighted by Gasteiger charge is -2.24. The van der Waals surface area contributed by atoms with Crippen LogP contribution in [0.2, 0.25) is 0 Å². The average molecular weight is 326 g/mol. The van der Waals surface area contributed by atoms with Crippen LogP contribution in [0, 0.1) is 13.8 Å². The molecular formula is C18H14O4S. The van der Waals surface area contributed by atoms with Crippen LogP contribution in [0.1, 0.15) is 33.2 Å². The maximum absolute atomic E-state index is 12.5. The summed E-state index contributed by atoms with van der Waals surface area (Å²) >= 11 is 1.66. The molecule has 0 spiro atoms. The fraction of sp³-hybridized carbons (Fsp3) is 0.222. The molecule has 0 saturated carbocycles. The van der Waals surface area contributed by atoms with Crippen molar-refractivity contribution in [2.75, 3.05) is 0 Å². The van der Waals surface area contributed by atoms with Crippen molar-refractivity contribution in [3.8, 4) is 5.75 Å². The van der Waals surface area contributed by atoms with Gasteiger partial charge < -0.3 is 9.15 Å². The topological polar surface area (TPSA) is 56.5 Å². The molecule has 3 heterocycles. The second kappa shape index (κ2) is 5.06. The van der Waals surface area contributed by atoms with Gasteiger partial charge in [-0.3, -0.25) is 4.79 Å². The lowest BCUT2D eigenvalue weighted by molar-refractivity contribution is -0.135. The standard InChI is InChI=1S/C18H14O4S/c1-9-7-12(10(2)23-9)13-8-15(19)22-17-11-5-3-4-6-14(11)21-18(20)16(13)17/h3-7,13H,8H2,1-2H3. The Labute approximate surface area is 136 Å². The van der Waals surface area contributed by atoms with Crippen LogP contribution in [-0.2, 0) is 4.79 Å². The number of rotatable bonds is 1. The van der Waals surface area contributed by atoms with Crippen molar-refractivity contribution >= 4 is 28.3 Å². The zero-order valence-electron chi connectivity index (χ0n) is 12.7. The first-order valence-electron chi connectivity index (χ1n) is 7.38. The van der Waals surface area contributed by atoms with Crippen LogP contribution in [0.25, 0.3) is 11.0 Å². The summed E-state index contributed by atoms with van der Waals surface area (Å²) < 4.78 is 10.9. The van der Waals surface area contributed by atoms with Gasteiger partial charge in [0.05, 0.1) is 17.4 Å². The molecule has 0 radical (unpaired) electrons. The third-order valence-corrected chi connectivity index (χ3v) is 5.17. The van der Waals surface area contributed by atoms with Gasteiger partial charge in [0.25, 0.3) is 0 Å². The van der Waals surface area contributed by atoms with Crippen LogP contribution in [-0.4, -0.2) is 5.97 Å². The van der Waals surface area contributed by atoms with E-state index in [4.69, 9.17) is 9.15 Å². The summed E-state index contributed by atoms with van der Waals surface area (Å²) in [6.07, 6.45) is 0.160. The molecule has 116 valence electrons. The minimum Gasteiger partial charge on any atom is -0.425 e. The first-order chi connectivity index (χ1) is 11.0. The van der Waals surface area contributed by atoms with E-state index < -0.39 is 5.63 Å². The van der Waals surface area contributed by atoms with Crippen molar-refractivity contribution in [2.24, 2.45) is 0 Å². The highest BCUT2D eigenvalue weighted by atomic mass is 32.1. The molecule has 4 nitrogen and oxygen atoms in total. The number of benzene rings is 1. The molecule has 1 aromatic carbocycles. The van der Waals surface area contributed by atoms with Gasteiger partial charge in [-0.25, -0.2) is 4.79 Å². The maximum Gasteiger partial charge on any atom is 0.343 e. The molecule has 4 rings (SSSR count). The number of aryl methyl sites for hydroxylation is 2. The zero-order valence-corrected chi connectivity index (χ0v) is 13.5. The van der Waals surface area contributed by atoms with E-state index >= 15 is 0 Å². The van der Waals surface area contributed by atoms with Gasteiger partial charge in [-0.15, -0.1) is 11.3 Å². The Kier molecular flexibility index (Phi) is 3.13. The summed E-state index contributed by atoms with van der Waals surface area (Å²) in [7, 11) is 0. The van der Waals surface area contributed by atoms with E-state index in [0.717, 1.165) is 15.3 Å². The average Bonchev–Trinajstić information content (AvgIpc) is 2.85. The molecular weight excluding hydrogens is 312 g/mol. The molecule has 0 bridgehead atoms. The Morgan fingerprint density at radius 2 is 1.96 bits per heavy atom. The van der Waals surface area contributed by atoms with E-state index in [2.05, 4.69) is 0 Å². The number of carbonyl (C=O) groups excluding carboxylic acids is 1. The van der Waals surface area contributed by atoms with E-state index in [1.807, 2.05) is 26.0 Å². The van der Waals surface area contributed by atoms with E-state index in [9.17, 15) is 9.59 Å². The van der Waals surface area contributed by atoms with Crippen LogP contribution in [0.15, 0.2) is 39.5 Å². The number of carbonyl (C=O) groups is 1. The molecule has 5 heteroatoms. The molecule has 23 heavy (non-hydrogen) atoms. The van der Waals surface area contributed by atoms with Crippen LogP contribution < -0.4 is 10.4 Å². The van der Waals surface area contributed by atoms with Gasteiger partial charge in [0, 0.05) is 15.7 Å². The summed E-state index contributed by atoms with van der Waals surface area (Å²) in [4.78, 5) is 26.9. The normalized spacial score (nSPS) is 17.1. The first kappa shape index (κ1) is 14.2. The Bertz CT molecular complexity index is 996. The molecule has 2 aromatic heterocycles. The molecule has 3 aromatic rings. The van der Waals surface area contributed by atoms with E-state index in [1.165, 1.54) is 0 Å². The quantitative estimate of drug-likeness (QED) is 0.502. The number of ether oxygens (including phenoxy) is 1. The van der Waals surface area contributed by atoms with Crippen LogP contribution in [0.3, 0.4) is 0 Å². The van der Waals surface area contributed by atoms with Crippen molar-refractivity contribution in [3.05, 3.63) is 61.6 Å². The highest BCUT2D eigenvalue weighted by molar-refractivity contribution is 7.12. The van der Waals surface area contributed by atoms with Crippen LogP contribution in [0.4, 0.5) is 0 Å². The van der Waals surface area contributed by atoms with Gasteiger partial charge in [0.2, 0.25) is 0 Å². The third-order valence-electron chi connectivity index (χ3n) is 4.19. The summed E-state index contributed by atoms with van der Waals surface area (Å²) in [6.45, 7) is 4.03. The SMILES string of the molecule is Cc1cc(C2CC(=O)Oc3c2c(=O)oc2ccccc32)c(C)s1. The van der Waals surface area contributed by atoms with Gasteiger partial charge in [0.1, 0.15) is 5.58 Å². The molecule has 0 fully saturated rings. The molecule has 1 unspecified atom stereocenters. The largest absolute Gasteiger partial charge is 0.425 e. The molecule has 0 N–H and O–H groups in total. The lowest BCUT2D eigenvalue weighted by Crippen LogP contribution is -2.26. The lowest BCUT2D eigenvalue weighted by atomic mass is 9.87. The fourth-order valence-corrected chi connectivity index (χ4v) is 4.22. The van der Waals surface area contributed by atoms with Gasteiger partial charge in [-0.05, 0) is 37.6 Å². The Morgan fingerprint density at radius 1 is 1.17 bits per heavy atom. The van der Waals surface area contributed by atoms with Gasteiger partial charge in [-0.1, -0.05) is 12.1 Å². The molecule has 1 atom stereocenters. The molecule has 1 aliphatic rings. The maximum atomic E-state index is 12.5. The fourth-order valence-electron chi connectivity index (χ4n) is 3.23. The third kappa shape index (κ3) is 2.19. The summed E-state index contributed by atoms with van der Waals surface area (Å²) in [5.41, 5.74) is 1.46. The Hall–Kier alpha value is -2.40. The van der Waals surface area contributed by atoms with Crippen molar-refractivity contribution < 1.29 is 13.9 Å². The molecule has 0 saturated heterocycles. The Balaban J connectivity index is 2.04. The minimum atomic E-state index is -0.431. The zero-order chi connectivity index (χ0) is 16.1. The number of hydrogen-bond acceptors (Lipinski definition) is 5. The van der Waals surface area contributed by atoms with Gasteiger partial charge in [0.15, 0.2) is 5.75 Å². The van der Waals surface area contributed by atoms with Crippen LogP contribution in [0.5, 0.6) is 5.75 Å².